The van der Waals surface area contributed by atoms with E-state index in [1.807, 2.05) is 7.05 Å². The fraction of sp³-hybridized carbons (Fsp3) is 0.900. The zero-order chi connectivity index (χ0) is 12.8. The summed E-state index contributed by atoms with van der Waals surface area (Å²) in [5.74, 6) is 0.0427. The molecule has 5 unspecified atom stereocenters. The van der Waals surface area contributed by atoms with Gasteiger partial charge in [-0.2, -0.15) is 0 Å². The molecule has 1 aliphatic heterocycles. The summed E-state index contributed by atoms with van der Waals surface area (Å²) in [7, 11) is 1.81. The molecule has 0 spiro atoms. The van der Waals surface area contributed by atoms with Crippen molar-refractivity contribution in [2.24, 2.45) is 16.6 Å². The molecule has 6 N–H and O–H groups in total. The van der Waals surface area contributed by atoms with Crippen LogP contribution in [0.2, 0.25) is 0 Å². The van der Waals surface area contributed by atoms with E-state index in [4.69, 9.17) is 15.6 Å². The molecule has 0 bridgehead atoms. The molecule has 0 aromatic carbocycles. The molecule has 7 heteroatoms. The predicted molar refractivity (Wildman–Crippen MR) is 62.7 cm³/mol. The third kappa shape index (κ3) is 3.70. The summed E-state index contributed by atoms with van der Waals surface area (Å²) in [5, 5.41) is 31.0. The van der Waals surface area contributed by atoms with Crippen LogP contribution in [0.15, 0.2) is 4.99 Å². The first-order valence-corrected chi connectivity index (χ1v) is 5.64. The van der Waals surface area contributed by atoms with Crippen LogP contribution in [-0.4, -0.2) is 72.8 Å². The number of nitrogens with zero attached hydrogens (tertiary/aromatic N) is 1. The van der Waals surface area contributed by atoms with E-state index in [0.717, 1.165) is 0 Å². The highest BCUT2D eigenvalue weighted by atomic mass is 16.6. The Kier molecular flexibility index (Phi) is 5.96. The summed E-state index contributed by atoms with van der Waals surface area (Å²) in [6.07, 6.45) is -2.24. The maximum atomic E-state index is 9.63. The van der Waals surface area contributed by atoms with Gasteiger partial charge >= 0.3 is 0 Å². The molecule has 0 aromatic rings. The predicted octanol–water partition coefficient (Wildman–Crippen LogP) is -2.71. The molecule has 17 heavy (non-hydrogen) atoms. The first-order chi connectivity index (χ1) is 8.13. The van der Waals surface area contributed by atoms with E-state index in [-0.39, 0.29) is 12.5 Å². The molecule has 0 radical (unpaired) electrons. The van der Waals surface area contributed by atoms with Crippen LogP contribution < -0.4 is 11.1 Å². The fourth-order valence-electron chi connectivity index (χ4n) is 1.67. The second kappa shape index (κ2) is 7.00. The Balaban J connectivity index is 2.53. The molecular formula is C10H21N3O4. The minimum absolute atomic E-state index is 0.0427. The maximum absolute atomic E-state index is 9.63. The number of hydrogen-bond acceptors (Lipinski definition) is 7. The van der Waals surface area contributed by atoms with Gasteiger partial charge in [0.05, 0.1) is 6.61 Å². The average Bonchev–Trinajstić information content (AvgIpc) is 2.61. The van der Waals surface area contributed by atoms with Gasteiger partial charge in [-0.05, 0) is 7.05 Å². The Bertz CT molecular complexity index is 252. The standard InChI is InChI=1S/C10H21N3O4/c1-12-3-6(2-11)4-13-10-9(16)8(15)7(5-14)17-10/h4,6-10,12,14-16H,2-3,5,11H2,1H3. The van der Waals surface area contributed by atoms with Crippen LogP contribution in [-0.2, 0) is 4.74 Å². The SMILES string of the molecule is CNCC(C=NC1OC(CO)C(O)C1O)CN. The van der Waals surface area contributed by atoms with E-state index in [1.165, 1.54) is 0 Å². The van der Waals surface area contributed by atoms with Crippen molar-refractivity contribution >= 4 is 6.21 Å². The highest BCUT2D eigenvalue weighted by Crippen LogP contribution is 2.21. The fourth-order valence-corrected chi connectivity index (χ4v) is 1.67. The Morgan fingerprint density at radius 2 is 2.18 bits per heavy atom. The molecule has 0 aliphatic carbocycles. The minimum atomic E-state index is -1.11. The lowest BCUT2D eigenvalue weighted by Crippen LogP contribution is -2.33. The van der Waals surface area contributed by atoms with Crippen molar-refractivity contribution in [1.29, 1.82) is 0 Å². The van der Waals surface area contributed by atoms with Crippen molar-refractivity contribution in [3.05, 3.63) is 0 Å². The van der Waals surface area contributed by atoms with Crippen molar-refractivity contribution in [3.8, 4) is 0 Å². The van der Waals surface area contributed by atoms with E-state index >= 15 is 0 Å². The number of nitrogens with two attached hydrogens (primary N) is 1. The van der Waals surface area contributed by atoms with Gasteiger partial charge in [0, 0.05) is 25.2 Å². The molecule has 0 amide bonds. The van der Waals surface area contributed by atoms with Crippen LogP contribution in [0.3, 0.4) is 0 Å². The number of aliphatic imine (C=N–C) groups is 1. The van der Waals surface area contributed by atoms with Gasteiger partial charge in [-0.3, -0.25) is 4.99 Å². The topological polar surface area (TPSA) is 120 Å². The molecule has 1 fully saturated rings. The van der Waals surface area contributed by atoms with Gasteiger partial charge in [-0.15, -0.1) is 0 Å². The van der Waals surface area contributed by atoms with Crippen LogP contribution in [0.5, 0.6) is 0 Å². The van der Waals surface area contributed by atoms with E-state index in [1.54, 1.807) is 6.21 Å². The third-order valence-electron chi connectivity index (χ3n) is 2.73. The molecule has 5 atom stereocenters. The van der Waals surface area contributed by atoms with Gasteiger partial charge < -0.3 is 31.1 Å². The van der Waals surface area contributed by atoms with Crippen LogP contribution in [0.25, 0.3) is 0 Å². The third-order valence-corrected chi connectivity index (χ3v) is 2.73. The number of hydrogen-bond donors (Lipinski definition) is 5. The number of ether oxygens (including phenoxy) is 1. The van der Waals surface area contributed by atoms with Crippen molar-refractivity contribution in [3.63, 3.8) is 0 Å². The molecule has 7 nitrogen and oxygen atoms in total. The van der Waals surface area contributed by atoms with Crippen molar-refractivity contribution < 1.29 is 20.1 Å². The summed E-state index contributed by atoms with van der Waals surface area (Å²) in [6.45, 7) is 0.759. The number of nitrogens with one attached hydrogen (secondary N) is 1. The lowest BCUT2D eigenvalue weighted by molar-refractivity contribution is -0.0193. The van der Waals surface area contributed by atoms with Gasteiger partial charge in [0.25, 0.3) is 0 Å². The maximum Gasteiger partial charge on any atom is 0.176 e. The average molecular weight is 247 g/mol. The number of aliphatic hydroxyl groups excluding tert-OH is 3. The molecule has 0 aromatic heterocycles. The quantitative estimate of drug-likeness (QED) is 0.325. The minimum Gasteiger partial charge on any atom is -0.394 e. The van der Waals surface area contributed by atoms with E-state index in [2.05, 4.69) is 10.3 Å². The van der Waals surface area contributed by atoms with E-state index < -0.39 is 24.5 Å². The lowest BCUT2D eigenvalue weighted by atomic mass is 10.1. The summed E-state index contributed by atoms with van der Waals surface area (Å²) in [5.41, 5.74) is 5.54. The Morgan fingerprint density at radius 1 is 1.47 bits per heavy atom. The Morgan fingerprint density at radius 3 is 2.65 bits per heavy atom. The summed E-state index contributed by atoms with van der Waals surface area (Å²) < 4.78 is 5.20. The van der Waals surface area contributed by atoms with E-state index in [9.17, 15) is 10.2 Å². The first-order valence-electron chi connectivity index (χ1n) is 5.64. The lowest BCUT2D eigenvalue weighted by Gasteiger charge is -2.12. The van der Waals surface area contributed by atoms with Crippen LogP contribution >= 0.6 is 0 Å². The second-order valence-corrected chi connectivity index (χ2v) is 4.08. The summed E-state index contributed by atoms with van der Waals surface area (Å²) in [4.78, 5) is 4.05. The molecule has 1 aliphatic rings. The van der Waals surface area contributed by atoms with Crippen molar-refractivity contribution in [2.75, 3.05) is 26.7 Å². The van der Waals surface area contributed by atoms with Crippen molar-refractivity contribution in [2.45, 2.75) is 24.5 Å². The van der Waals surface area contributed by atoms with Crippen LogP contribution in [0.4, 0.5) is 0 Å². The second-order valence-electron chi connectivity index (χ2n) is 4.08. The van der Waals surface area contributed by atoms with Gasteiger partial charge in [0.15, 0.2) is 6.23 Å². The molecule has 1 saturated heterocycles. The molecule has 1 rings (SSSR count). The smallest absolute Gasteiger partial charge is 0.176 e. The van der Waals surface area contributed by atoms with Gasteiger partial charge in [-0.1, -0.05) is 0 Å². The monoisotopic (exact) mass is 247 g/mol. The van der Waals surface area contributed by atoms with Gasteiger partial charge in [-0.25, -0.2) is 0 Å². The molecule has 0 saturated carbocycles. The summed E-state index contributed by atoms with van der Waals surface area (Å²) >= 11 is 0. The molecule has 1 heterocycles. The van der Waals surface area contributed by atoms with Crippen LogP contribution in [0.1, 0.15) is 0 Å². The van der Waals surface area contributed by atoms with E-state index in [0.29, 0.717) is 13.1 Å². The first kappa shape index (κ1) is 14.5. The van der Waals surface area contributed by atoms with Crippen LogP contribution in [0, 0.1) is 5.92 Å². The number of rotatable bonds is 6. The van der Waals surface area contributed by atoms with Gasteiger partial charge in [0.1, 0.15) is 18.3 Å². The van der Waals surface area contributed by atoms with Crippen molar-refractivity contribution in [1.82, 2.24) is 5.32 Å². The number of aliphatic hydroxyl groups is 3. The summed E-state index contributed by atoms with van der Waals surface area (Å²) in [6, 6.07) is 0. The normalized spacial score (nSPS) is 35.6. The highest BCUT2D eigenvalue weighted by molar-refractivity contribution is 5.61. The Hall–Kier alpha value is -0.570. The highest BCUT2D eigenvalue weighted by Gasteiger charge is 2.41. The Labute approximate surface area is 100 Å². The molecule has 100 valence electrons. The molecular weight excluding hydrogens is 226 g/mol. The zero-order valence-corrected chi connectivity index (χ0v) is 9.86. The van der Waals surface area contributed by atoms with Gasteiger partial charge in [0.2, 0.25) is 0 Å². The largest absolute Gasteiger partial charge is 0.394 e. The zero-order valence-electron chi connectivity index (χ0n) is 9.86.